The highest BCUT2D eigenvalue weighted by Gasteiger charge is 2.20. The van der Waals surface area contributed by atoms with Crippen LogP contribution in [0.2, 0.25) is 0 Å². The van der Waals surface area contributed by atoms with Crippen molar-refractivity contribution in [3.63, 3.8) is 0 Å². The highest BCUT2D eigenvalue weighted by atomic mass is 79.9. The summed E-state index contributed by atoms with van der Waals surface area (Å²) in [5.41, 5.74) is -0.101. The average Bonchev–Trinajstić information content (AvgIpc) is 2.78. The van der Waals surface area contributed by atoms with Gasteiger partial charge in [-0.05, 0) is 19.1 Å². The second kappa shape index (κ2) is 5.09. The second-order valence-corrected chi connectivity index (χ2v) is 4.10. The lowest BCUT2D eigenvalue weighted by Gasteiger charge is -2.07. The summed E-state index contributed by atoms with van der Waals surface area (Å²) >= 11 is 3.23. The molecule has 2 aromatic rings. The first-order valence-corrected chi connectivity index (χ1v) is 6.34. The summed E-state index contributed by atoms with van der Waals surface area (Å²) in [4.78, 5) is 0. The largest absolute Gasteiger partial charge is 0.310 e. The third-order valence-electron chi connectivity index (χ3n) is 2.54. The Labute approximate surface area is 110 Å². The summed E-state index contributed by atoms with van der Waals surface area (Å²) in [6.07, 6.45) is 0. The van der Waals surface area contributed by atoms with Gasteiger partial charge in [-0.3, -0.25) is 0 Å². The molecule has 0 radical (unpaired) electrons. The molecule has 0 saturated carbocycles. The van der Waals surface area contributed by atoms with Gasteiger partial charge in [-0.15, -0.1) is 10.2 Å². The topological polar surface area (TPSA) is 30.7 Å². The zero-order valence-electron chi connectivity index (χ0n) is 9.42. The SMILES string of the molecule is CCn1c(CBr)nnc1-c1ccc(F)c(F)c1F. The van der Waals surface area contributed by atoms with E-state index in [9.17, 15) is 13.2 Å². The molecule has 0 saturated heterocycles. The normalized spacial score (nSPS) is 10.9. The molecule has 1 aromatic heterocycles. The van der Waals surface area contributed by atoms with E-state index in [1.165, 1.54) is 0 Å². The van der Waals surface area contributed by atoms with Crippen molar-refractivity contribution in [1.82, 2.24) is 14.8 Å². The van der Waals surface area contributed by atoms with Crippen molar-refractivity contribution in [2.45, 2.75) is 18.8 Å². The molecule has 3 nitrogen and oxygen atoms in total. The molecule has 0 spiro atoms. The molecule has 1 aromatic carbocycles. The van der Waals surface area contributed by atoms with Crippen molar-refractivity contribution in [2.24, 2.45) is 0 Å². The molecule has 0 fully saturated rings. The van der Waals surface area contributed by atoms with E-state index in [0.29, 0.717) is 17.7 Å². The van der Waals surface area contributed by atoms with Gasteiger partial charge in [0.2, 0.25) is 0 Å². The summed E-state index contributed by atoms with van der Waals surface area (Å²) in [5.74, 6) is -3.20. The van der Waals surface area contributed by atoms with Crippen LogP contribution in [-0.4, -0.2) is 14.8 Å². The zero-order valence-corrected chi connectivity index (χ0v) is 11.0. The Morgan fingerprint density at radius 2 is 1.89 bits per heavy atom. The molecular weight excluding hydrogens is 311 g/mol. The van der Waals surface area contributed by atoms with Gasteiger partial charge in [0.1, 0.15) is 5.82 Å². The van der Waals surface area contributed by atoms with Crippen molar-refractivity contribution in [1.29, 1.82) is 0 Å². The Balaban J connectivity index is 2.62. The fourth-order valence-electron chi connectivity index (χ4n) is 1.66. The van der Waals surface area contributed by atoms with Crippen molar-refractivity contribution in [2.75, 3.05) is 0 Å². The predicted octanol–water partition coefficient (Wildman–Crippen LogP) is 3.28. The summed E-state index contributed by atoms with van der Waals surface area (Å²) in [6.45, 7) is 2.33. The maximum atomic E-state index is 13.7. The van der Waals surface area contributed by atoms with Crippen LogP contribution in [0, 0.1) is 17.5 Å². The van der Waals surface area contributed by atoms with Gasteiger partial charge in [0.05, 0.1) is 10.9 Å². The van der Waals surface area contributed by atoms with E-state index < -0.39 is 17.5 Å². The number of nitrogens with zero attached hydrogens (tertiary/aromatic N) is 3. The molecule has 0 amide bonds. The fraction of sp³-hybridized carbons (Fsp3) is 0.273. The minimum absolute atomic E-state index is 0.101. The van der Waals surface area contributed by atoms with Crippen LogP contribution in [0.25, 0.3) is 11.4 Å². The van der Waals surface area contributed by atoms with Crippen molar-refractivity contribution < 1.29 is 13.2 Å². The first kappa shape index (κ1) is 13.1. The monoisotopic (exact) mass is 319 g/mol. The first-order chi connectivity index (χ1) is 8.60. The van der Waals surface area contributed by atoms with Crippen LogP contribution >= 0.6 is 15.9 Å². The van der Waals surface area contributed by atoms with Gasteiger partial charge in [0, 0.05) is 6.54 Å². The molecule has 0 bridgehead atoms. The maximum absolute atomic E-state index is 13.7. The number of alkyl halides is 1. The third kappa shape index (κ3) is 2.03. The van der Waals surface area contributed by atoms with E-state index in [0.717, 1.165) is 12.1 Å². The molecule has 18 heavy (non-hydrogen) atoms. The highest BCUT2D eigenvalue weighted by Crippen LogP contribution is 2.25. The number of hydrogen-bond donors (Lipinski definition) is 0. The Morgan fingerprint density at radius 3 is 2.50 bits per heavy atom. The van der Waals surface area contributed by atoms with Crippen molar-refractivity contribution >= 4 is 15.9 Å². The lowest BCUT2D eigenvalue weighted by molar-refractivity contribution is 0.448. The quantitative estimate of drug-likeness (QED) is 0.642. The van der Waals surface area contributed by atoms with E-state index in [-0.39, 0.29) is 11.4 Å². The molecule has 0 aliphatic heterocycles. The number of aromatic nitrogens is 3. The Bertz CT molecular complexity index is 583. The summed E-state index contributed by atoms with van der Waals surface area (Å²) in [7, 11) is 0. The van der Waals surface area contributed by atoms with Crippen LogP contribution in [0.4, 0.5) is 13.2 Å². The van der Waals surface area contributed by atoms with Gasteiger partial charge in [-0.25, -0.2) is 13.2 Å². The molecular formula is C11H9BrF3N3. The van der Waals surface area contributed by atoms with Crippen LogP contribution in [0.15, 0.2) is 12.1 Å². The summed E-state index contributed by atoms with van der Waals surface area (Å²) < 4.78 is 41.3. The second-order valence-electron chi connectivity index (χ2n) is 3.54. The van der Waals surface area contributed by atoms with Gasteiger partial charge in [0.15, 0.2) is 23.3 Å². The standard InChI is InChI=1S/C11H9BrF3N3/c1-2-18-8(5-12)16-17-11(18)6-3-4-7(13)10(15)9(6)14/h3-4H,2,5H2,1H3. The number of halogens is 4. The summed E-state index contributed by atoms with van der Waals surface area (Å²) in [6, 6.07) is 2.03. The summed E-state index contributed by atoms with van der Waals surface area (Å²) in [5, 5.41) is 8.12. The van der Waals surface area contributed by atoms with Gasteiger partial charge < -0.3 is 4.57 Å². The molecule has 0 aliphatic rings. The van der Waals surface area contributed by atoms with E-state index in [1.807, 2.05) is 6.92 Å². The van der Waals surface area contributed by atoms with Crippen molar-refractivity contribution in [3.8, 4) is 11.4 Å². The van der Waals surface area contributed by atoms with Crippen LogP contribution in [0.1, 0.15) is 12.7 Å². The fourth-order valence-corrected chi connectivity index (χ4v) is 2.08. The minimum atomic E-state index is -1.50. The van der Waals surface area contributed by atoms with Crippen LogP contribution < -0.4 is 0 Å². The molecule has 0 unspecified atom stereocenters. The molecule has 7 heteroatoms. The van der Waals surface area contributed by atoms with Gasteiger partial charge in [-0.2, -0.15) is 0 Å². The van der Waals surface area contributed by atoms with Gasteiger partial charge >= 0.3 is 0 Å². The lowest BCUT2D eigenvalue weighted by Crippen LogP contribution is -2.04. The third-order valence-corrected chi connectivity index (χ3v) is 3.04. The van der Waals surface area contributed by atoms with E-state index in [2.05, 4.69) is 26.1 Å². The Morgan fingerprint density at radius 1 is 1.17 bits per heavy atom. The number of hydrogen-bond acceptors (Lipinski definition) is 2. The van der Waals surface area contributed by atoms with Crippen LogP contribution in [0.3, 0.4) is 0 Å². The molecule has 0 aliphatic carbocycles. The highest BCUT2D eigenvalue weighted by molar-refractivity contribution is 9.08. The predicted molar refractivity (Wildman–Crippen MR) is 63.6 cm³/mol. The maximum Gasteiger partial charge on any atom is 0.195 e. The average molecular weight is 320 g/mol. The lowest BCUT2D eigenvalue weighted by atomic mass is 10.2. The first-order valence-electron chi connectivity index (χ1n) is 5.22. The zero-order chi connectivity index (χ0) is 13.3. The van der Waals surface area contributed by atoms with E-state index in [1.54, 1.807) is 4.57 Å². The number of rotatable bonds is 3. The minimum Gasteiger partial charge on any atom is -0.310 e. The van der Waals surface area contributed by atoms with Gasteiger partial charge in [0.25, 0.3) is 0 Å². The Kier molecular flexibility index (Phi) is 3.70. The molecule has 2 rings (SSSR count). The molecule has 1 heterocycles. The molecule has 0 atom stereocenters. The van der Waals surface area contributed by atoms with E-state index in [4.69, 9.17) is 0 Å². The van der Waals surface area contributed by atoms with E-state index >= 15 is 0 Å². The Hall–Kier alpha value is -1.37. The van der Waals surface area contributed by atoms with Crippen LogP contribution in [-0.2, 0) is 11.9 Å². The van der Waals surface area contributed by atoms with Gasteiger partial charge in [-0.1, -0.05) is 15.9 Å². The van der Waals surface area contributed by atoms with Crippen LogP contribution in [0.5, 0.6) is 0 Å². The van der Waals surface area contributed by atoms with Crippen molar-refractivity contribution in [3.05, 3.63) is 35.4 Å². The molecule has 0 N–H and O–H groups in total. The number of benzene rings is 1. The smallest absolute Gasteiger partial charge is 0.195 e. The molecule has 96 valence electrons.